The molecule has 3 heterocycles. The van der Waals surface area contributed by atoms with Crippen LogP contribution in [0.4, 0.5) is 0 Å². The number of nitrogens with zero attached hydrogens (tertiary/aromatic N) is 3. The summed E-state index contributed by atoms with van der Waals surface area (Å²) in [6.45, 7) is 11.2. The van der Waals surface area contributed by atoms with Gasteiger partial charge in [0.15, 0.2) is 5.96 Å². The maximum atomic E-state index is 9.88. The molecule has 0 bridgehead atoms. The van der Waals surface area contributed by atoms with Crippen LogP contribution in [0.5, 0.6) is 0 Å². The predicted molar refractivity (Wildman–Crippen MR) is 113 cm³/mol. The second-order valence-electron chi connectivity index (χ2n) is 7.48. The van der Waals surface area contributed by atoms with Crippen molar-refractivity contribution in [2.45, 2.75) is 32.2 Å². The first-order valence-electron chi connectivity index (χ1n) is 9.80. The molecule has 0 aromatic carbocycles. The summed E-state index contributed by atoms with van der Waals surface area (Å²) in [5, 5.41) is 13.3. The van der Waals surface area contributed by atoms with Gasteiger partial charge in [0.05, 0.1) is 26.4 Å². The Bertz CT molecular complexity index is 440. The molecule has 8 heteroatoms. The third-order valence-corrected chi connectivity index (χ3v) is 5.81. The molecule has 1 unspecified atom stereocenters. The topological polar surface area (TPSA) is 69.6 Å². The molecule has 0 radical (unpaired) electrons. The number of rotatable bonds is 5. The van der Waals surface area contributed by atoms with Crippen molar-refractivity contribution in [2.75, 3.05) is 72.3 Å². The van der Waals surface area contributed by atoms with Gasteiger partial charge in [-0.1, -0.05) is 0 Å². The van der Waals surface area contributed by atoms with Gasteiger partial charge in [0.2, 0.25) is 0 Å². The molecule has 0 aromatic rings. The minimum absolute atomic E-state index is 0. The number of nitrogens with one attached hydrogen (secondary N) is 1. The van der Waals surface area contributed by atoms with Crippen molar-refractivity contribution in [2.24, 2.45) is 10.4 Å². The van der Waals surface area contributed by atoms with Crippen LogP contribution in [0.1, 0.15) is 26.2 Å². The van der Waals surface area contributed by atoms with E-state index >= 15 is 0 Å². The Kier molecular flexibility index (Phi) is 9.36. The molecule has 3 aliphatic rings. The Hall–Kier alpha value is -0.160. The Morgan fingerprint density at radius 2 is 1.85 bits per heavy atom. The Labute approximate surface area is 174 Å². The van der Waals surface area contributed by atoms with E-state index in [0.717, 1.165) is 78.0 Å². The van der Waals surface area contributed by atoms with Crippen LogP contribution in [0.2, 0.25) is 0 Å². The number of hydrogen-bond acceptors (Lipinski definition) is 5. The SMILES string of the molecule is CCNC(=NCC1(CO)CCOCC1)N1CCC(N2CCOCC2)C1.I. The summed E-state index contributed by atoms with van der Waals surface area (Å²) >= 11 is 0. The van der Waals surface area contributed by atoms with Gasteiger partial charge in [-0.25, -0.2) is 0 Å². The molecule has 7 nitrogen and oxygen atoms in total. The van der Waals surface area contributed by atoms with E-state index in [2.05, 4.69) is 22.0 Å². The molecule has 152 valence electrons. The molecular formula is C18H35IN4O3. The smallest absolute Gasteiger partial charge is 0.193 e. The summed E-state index contributed by atoms with van der Waals surface area (Å²) in [6.07, 6.45) is 2.97. The van der Waals surface area contributed by atoms with Crippen LogP contribution in [-0.4, -0.2) is 99.2 Å². The van der Waals surface area contributed by atoms with Crippen molar-refractivity contribution >= 4 is 29.9 Å². The van der Waals surface area contributed by atoms with E-state index in [-0.39, 0.29) is 36.0 Å². The summed E-state index contributed by atoms with van der Waals surface area (Å²) < 4.78 is 10.9. The van der Waals surface area contributed by atoms with Crippen molar-refractivity contribution in [1.29, 1.82) is 0 Å². The molecule has 1 atom stereocenters. The highest BCUT2D eigenvalue weighted by Gasteiger charge is 2.33. The molecule has 0 aliphatic carbocycles. The average Bonchev–Trinajstić information content (AvgIpc) is 3.16. The van der Waals surface area contributed by atoms with E-state index < -0.39 is 0 Å². The fourth-order valence-corrected chi connectivity index (χ4v) is 4.01. The lowest BCUT2D eigenvalue weighted by molar-refractivity contribution is -0.0107. The first kappa shape index (κ1) is 22.1. The van der Waals surface area contributed by atoms with Crippen molar-refractivity contribution in [3.8, 4) is 0 Å². The minimum Gasteiger partial charge on any atom is -0.396 e. The molecule has 0 spiro atoms. The zero-order valence-electron chi connectivity index (χ0n) is 16.0. The van der Waals surface area contributed by atoms with Crippen molar-refractivity contribution < 1.29 is 14.6 Å². The first-order chi connectivity index (χ1) is 12.3. The van der Waals surface area contributed by atoms with Gasteiger partial charge in [0.1, 0.15) is 0 Å². The highest BCUT2D eigenvalue weighted by Crippen LogP contribution is 2.30. The van der Waals surface area contributed by atoms with Gasteiger partial charge in [-0.15, -0.1) is 24.0 Å². The first-order valence-corrected chi connectivity index (χ1v) is 9.80. The van der Waals surface area contributed by atoms with Crippen molar-refractivity contribution in [3.05, 3.63) is 0 Å². The number of aliphatic hydroxyl groups excluding tert-OH is 1. The van der Waals surface area contributed by atoms with E-state index in [0.29, 0.717) is 12.6 Å². The molecule has 3 fully saturated rings. The van der Waals surface area contributed by atoms with Gasteiger partial charge in [-0.05, 0) is 26.2 Å². The molecule has 3 rings (SSSR count). The van der Waals surface area contributed by atoms with Crippen LogP contribution in [0.25, 0.3) is 0 Å². The largest absolute Gasteiger partial charge is 0.396 e. The summed E-state index contributed by atoms with van der Waals surface area (Å²) in [6, 6.07) is 0.600. The molecule has 2 N–H and O–H groups in total. The van der Waals surface area contributed by atoms with Crippen LogP contribution < -0.4 is 5.32 Å². The van der Waals surface area contributed by atoms with E-state index in [1.54, 1.807) is 0 Å². The molecule has 3 aliphatic heterocycles. The quantitative estimate of drug-likeness (QED) is 0.343. The second kappa shape index (κ2) is 11.0. The van der Waals surface area contributed by atoms with Crippen LogP contribution in [0, 0.1) is 5.41 Å². The number of ether oxygens (including phenoxy) is 2. The molecule has 0 saturated carbocycles. The number of likely N-dealkylation sites (tertiary alicyclic amines) is 1. The second-order valence-corrected chi connectivity index (χ2v) is 7.48. The van der Waals surface area contributed by atoms with Gasteiger partial charge in [0.25, 0.3) is 0 Å². The van der Waals surface area contributed by atoms with Gasteiger partial charge in [-0.2, -0.15) is 0 Å². The maximum Gasteiger partial charge on any atom is 0.193 e. The lowest BCUT2D eigenvalue weighted by atomic mass is 9.81. The summed E-state index contributed by atoms with van der Waals surface area (Å²) in [5.74, 6) is 0.998. The van der Waals surface area contributed by atoms with Crippen molar-refractivity contribution in [3.63, 3.8) is 0 Å². The molecule has 3 saturated heterocycles. The molecule has 0 aromatic heterocycles. The van der Waals surface area contributed by atoms with Gasteiger partial charge in [0, 0.05) is 57.4 Å². The highest BCUT2D eigenvalue weighted by atomic mass is 127. The predicted octanol–water partition coefficient (Wildman–Crippen LogP) is 0.766. The van der Waals surface area contributed by atoms with Crippen LogP contribution in [0.15, 0.2) is 4.99 Å². The summed E-state index contributed by atoms with van der Waals surface area (Å²) in [4.78, 5) is 9.85. The van der Waals surface area contributed by atoms with Gasteiger partial charge in [-0.3, -0.25) is 9.89 Å². The lowest BCUT2D eigenvalue weighted by Crippen LogP contribution is -2.47. The zero-order valence-corrected chi connectivity index (χ0v) is 18.3. The normalized spacial score (nSPS) is 27.2. The number of guanidine groups is 1. The Balaban J connectivity index is 0.00000243. The number of hydrogen-bond donors (Lipinski definition) is 2. The minimum atomic E-state index is -0.109. The fraction of sp³-hybridized carbons (Fsp3) is 0.944. The molecule has 26 heavy (non-hydrogen) atoms. The van der Waals surface area contributed by atoms with Crippen LogP contribution in [0.3, 0.4) is 0 Å². The monoisotopic (exact) mass is 482 g/mol. The standard InChI is InChI=1S/C18H34N4O3.HI/c1-2-19-17(20-14-18(15-23)4-9-24-10-5-18)22-6-3-16(13-22)21-7-11-25-12-8-21;/h16,23H,2-15H2,1H3,(H,19,20);1H. The van der Waals surface area contributed by atoms with Crippen molar-refractivity contribution in [1.82, 2.24) is 15.1 Å². The van der Waals surface area contributed by atoms with E-state index in [1.165, 1.54) is 6.42 Å². The number of halogens is 1. The number of aliphatic imine (C=N–C) groups is 1. The van der Waals surface area contributed by atoms with Gasteiger partial charge < -0.3 is 24.8 Å². The average molecular weight is 482 g/mol. The van der Waals surface area contributed by atoms with Gasteiger partial charge >= 0.3 is 0 Å². The van der Waals surface area contributed by atoms with Crippen LogP contribution >= 0.6 is 24.0 Å². The molecular weight excluding hydrogens is 447 g/mol. The fourth-order valence-electron chi connectivity index (χ4n) is 4.01. The van der Waals surface area contributed by atoms with Crippen LogP contribution in [-0.2, 0) is 9.47 Å². The van der Waals surface area contributed by atoms with E-state index in [9.17, 15) is 5.11 Å². The Morgan fingerprint density at radius 3 is 2.50 bits per heavy atom. The summed E-state index contributed by atoms with van der Waals surface area (Å²) in [7, 11) is 0. The summed E-state index contributed by atoms with van der Waals surface area (Å²) in [5.41, 5.74) is -0.109. The Morgan fingerprint density at radius 1 is 1.15 bits per heavy atom. The third-order valence-electron chi connectivity index (χ3n) is 5.81. The molecule has 0 amide bonds. The number of aliphatic hydroxyl groups is 1. The van der Waals surface area contributed by atoms with E-state index in [1.807, 2.05) is 0 Å². The lowest BCUT2D eigenvalue weighted by Gasteiger charge is -2.35. The van der Waals surface area contributed by atoms with E-state index in [4.69, 9.17) is 14.5 Å². The number of morpholine rings is 1. The zero-order chi connectivity index (χ0) is 17.5. The highest BCUT2D eigenvalue weighted by molar-refractivity contribution is 14.0. The third kappa shape index (κ3) is 5.67. The maximum absolute atomic E-state index is 9.88.